The van der Waals surface area contributed by atoms with Crippen LogP contribution in [0.4, 0.5) is 5.69 Å². The minimum Gasteiger partial charge on any atom is -0.867 e. The van der Waals surface area contributed by atoms with Crippen molar-refractivity contribution >= 4 is 23.5 Å². The van der Waals surface area contributed by atoms with Gasteiger partial charge in [0.15, 0.2) is 0 Å². The van der Waals surface area contributed by atoms with Crippen LogP contribution in [0.15, 0.2) is 17.1 Å². The molecule has 0 saturated heterocycles. The summed E-state index contributed by atoms with van der Waals surface area (Å²) < 4.78 is 0. The van der Waals surface area contributed by atoms with E-state index in [1.54, 1.807) is 0 Å². The largest absolute Gasteiger partial charge is 0.867 e. The van der Waals surface area contributed by atoms with Crippen molar-refractivity contribution in [3.05, 3.63) is 32.8 Å². The van der Waals surface area contributed by atoms with Crippen LogP contribution in [0.1, 0.15) is 31.2 Å². The summed E-state index contributed by atoms with van der Waals surface area (Å²) in [6, 6.07) is 2.45. The fraction of sp³-hybridized carbons (Fsp3) is 0.462. The molecule has 1 fully saturated rings. The molecule has 2 rings (SSSR count). The standard InChI is InChI=1S/C13H15ClN2O4/c14-9-5-8(13(18)12(6-9)16(19)20)7-15-10-1-3-11(17)4-2-10/h5-7,10-11,17-18H,1-4H2/p-1. The molecule has 0 radical (unpaired) electrons. The van der Waals surface area contributed by atoms with E-state index >= 15 is 0 Å². The summed E-state index contributed by atoms with van der Waals surface area (Å²) in [4.78, 5) is 14.3. The second-order valence-corrected chi connectivity index (χ2v) is 5.28. The van der Waals surface area contributed by atoms with E-state index < -0.39 is 16.4 Å². The van der Waals surface area contributed by atoms with Gasteiger partial charge >= 0.3 is 0 Å². The van der Waals surface area contributed by atoms with Gasteiger partial charge in [0.25, 0.3) is 5.69 Å². The Morgan fingerprint density at radius 2 is 2.00 bits per heavy atom. The quantitative estimate of drug-likeness (QED) is 0.524. The van der Waals surface area contributed by atoms with Gasteiger partial charge in [0.05, 0.1) is 17.1 Å². The highest BCUT2D eigenvalue weighted by molar-refractivity contribution is 6.31. The molecule has 1 saturated carbocycles. The molecule has 0 aromatic heterocycles. The first-order chi connectivity index (χ1) is 9.47. The normalized spacial score (nSPS) is 23.1. The molecule has 1 aromatic rings. The van der Waals surface area contributed by atoms with Crippen molar-refractivity contribution in [2.45, 2.75) is 37.8 Å². The fourth-order valence-corrected chi connectivity index (χ4v) is 2.45. The van der Waals surface area contributed by atoms with Gasteiger partial charge in [-0.25, -0.2) is 0 Å². The number of rotatable bonds is 3. The Morgan fingerprint density at radius 1 is 1.35 bits per heavy atom. The van der Waals surface area contributed by atoms with Crippen LogP contribution in [0.3, 0.4) is 0 Å². The second kappa shape index (κ2) is 6.19. The molecule has 20 heavy (non-hydrogen) atoms. The molecule has 1 aromatic carbocycles. The number of aliphatic hydroxyl groups excluding tert-OH is 1. The van der Waals surface area contributed by atoms with Crippen molar-refractivity contribution in [2.75, 3.05) is 0 Å². The number of halogens is 1. The summed E-state index contributed by atoms with van der Waals surface area (Å²) in [6.07, 6.45) is 3.93. The minimum absolute atomic E-state index is 0.0378. The second-order valence-electron chi connectivity index (χ2n) is 4.84. The topological polar surface area (TPSA) is 98.8 Å². The van der Waals surface area contributed by atoms with Crippen molar-refractivity contribution in [3.63, 3.8) is 0 Å². The maximum atomic E-state index is 11.9. The van der Waals surface area contributed by atoms with Gasteiger partial charge < -0.3 is 10.2 Å². The molecule has 108 valence electrons. The van der Waals surface area contributed by atoms with Gasteiger partial charge in [0.2, 0.25) is 0 Å². The number of aliphatic imine (C=N–C) groups is 1. The van der Waals surface area contributed by atoms with Crippen LogP contribution in [0.5, 0.6) is 5.75 Å². The number of aliphatic hydroxyl groups is 1. The highest BCUT2D eigenvalue weighted by atomic mass is 35.5. The average molecular weight is 298 g/mol. The van der Waals surface area contributed by atoms with E-state index in [9.17, 15) is 20.3 Å². The zero-order valence-electron chi connectivity index (χ0n) is 10.7. The van der Waals surface area contributed by atoms with Crippen molar-refractivity contribution < 1.29 is 15.1 Å². The monoisotopic (exact) mass is 297 g/mol. The van der Waals surface area contributed by atoms with Crippen LogP contribution in [0.2, 0.25) is 5.02 Å². The summed E-state index contributed by atoms with van der Waals surface area (Å²) in [6.45, 7) is 0. The van der Waals surface area contributed by atoms with E-state index in [1.165, 1.54) is 12.3 Å². The Bertz CT molecular complexity index is 539. The summed E-state index contributed by atoms with van der Waals surface area (Å²) in [5, 5.41) is 32.1. The molecule has 0 spiro atoms. The van der Waals surface area contributed by atoms with Gasteiger partial charge in [-0.1, -0.05) is 11.6 Å². The van der Waals surface area contributed by atoms with Crippen LogP contribution in [-0.4, -0.2) is 28.4 Å². The SMILES string of the molecule is O=[N+]([O-])c1cc(Cl)cc(C=NC2CCC(O)CC2)c1[O-]. The van der Waals surface area contributed by atoms with Crippen LogP contribution < -0.4 is 5.11 Å². The van der Waals surface area contributed by atoms with Crippen molar-refractivity contribution in [1.82, 2.24) is 0 Å². The molecule has 0 heterocycles. The number of nitrogens with zero attached hydrogens (tertiary/aromatic N) is 2. The zero-order chi connectivity index (χ0) is 14.7. The molecule has 6 nitrogen and oxygen atoms in total. The van der Waals surface area contributed by atoms with Crippen molar-refractivity contribution in [1.29, 1.82) is 0 Å². The third-order valence-corrected chi connectivity index (χ3v) is 3.57. The van der Waals surface area contributed by atoms with Crippen LogP contribution in [0.25, 0.3) is 0 Å². The van der Waals surface area contributed by atoms with Crippen LogP contribution in [-0.2, 0) is 0 Å². The van der Waals surface area contributed by atoms with E-state index in [2.05, 4.69) is 4.99 Å². The van der Waals surface area contributed by atoms with E-state index in [0.29, 0.717) is 12.8 Å². The Kier molecular flexibility index (Phi) is 4.57. The van der Waals surface area contributed by atoms with E-state index in [1.807, 2.05) is 0 Å². The van der Waals surface area contributed by atoms with Gasteiger partial charge in [-0.05, 0) is 43.1 Å². The average Bonchev–Trinajstić information content (AvgIpc) is 2.41. The lowest BCUT2D eigenvalue weighted by Crippen LogP contribution is -2.20. The first kappa shape index (κ1) is 14.7. The van der Waals surface area contributed by atoms with Gasteiger partial charge in [-0.2, -0.15) is 0 Å². The highest BCUT2D eigenvalue weighted by Crippen LogP contribution is 2.30. The van der Waals surface area contributed by atoms with Gasteiger partial charge in [-0.3, -0.25) is 15.1 Å². The predicted octanol–water partition coefficient (Wildman–Crippen LogP) is 2.04. The van der Waals surface area contributed by atoms with E-state index in [4.69, 9.17) is 11.6 Å². The summed E-state index contributed by atoms with van der Waals surface area (Å²) >= 11 is 5.77. The molecule has 0 amide bonds. The molecule has 0 atom stereocenters. The molecule has 7 heteroatoms. The minimum atomic E-state index is -0.748. The van der Waals surface area contributed by atoms with Gasteiger partial charge in [0.1, 0.15) is 0 Å². The lowest BCUT2D eigenvalue weighted by Gasteiger charge is -2.22. The Morgan fingerprint density at radius 3 is 2.60 bits per heavy atom. The Balaban J connectivity index is 2.18. The maximum absolute atomic E-state index is 11.9. The lowest BCUT2D eigenvalue weighted by atomic mass is 9.93. The number of nitro benzene ring substituents is 1. The third kappa shape index (κ3) is 3.46. The highest BCUT2D eigenvalue weighted by Gasteiger charge is 2.18. The summed E-state index contributed by atoms with van der Waals surface area (Å²) in [5.41, 5.74) is -0.423. The zero-order valence-corrected chi connectivity index (χ0v) is 11.4. The third-order valence-electron chi connectivity index (χ3n) is 3.35. The molecular weight excluding hydrogens is 284 g/mol. The number of hydrogen-bond acceptors (Lipinski definition) is 5. The Hall–Kier alpha value is -1.66. The smallest absolute Gasteiger partial charge is 0.263 e. The lowest BCUT2D eigenvalue weighted by molar-refractivity contribution is -0.398. The first-order valence-corrected chi connectivity index (χ1v) is 6.71. The van der Waals surface area contributed by atoms with Gasteiger partial charge in [0, 0.05) is 17.3 Å². The first-order valence-electron chi connectivity index (χ1n) is 6.33. The number of nitro groups is 1. The summed E-state index contributed by atoms with van der Waals surface area (Å²) in [7, 11) is 0. The molecular formula is C13H14ClN2O4-. The van der Waals surface area contributed by atoms with Crippen LogP contribution >= 0.6 is 11.6 Å². The fourth-order valence-electron chi connectivity index (χ4n) is 2.22. The molecule has 0 bridgehead atoms. The molecule has 1 aliphatic carbocycles. The molecule has 1 N–H and O–H groups in total. The molecule has 0 aliphatic heterocycles. The van der Waals surface area contributed by atoms with Crippen LogP contribution in [0, 0.1) is 10.1 Å². The predicted molar refractivity (Wildman–Crippen MR) is 73.4 cm³/mol. The molecule has 1 aliphatic rings. The van der Waals surface area contributed by atoms with Crippen molar-refractivity contribution in [3.8, 4) is 5.75 Å². The van der Waals surface area contributed by atoms with Crippen molar-refractivity contribution in [2.24, 2.45) is 4.99 Å². The molecule has 0 unspecified atom stereocenters. The van der Waals surface area contributed by atoms with E-state index in [-0.39, 0.29) is 22.7 Å². The maximum Gasteiger partial charge on any atom is 0.263 e. The summed E-state index contributed by atoms with van der Waals surface area (Å²) in [5.74, 6) is -0.681. The Labute approximate surface area is 120 Å². The van der Waals surface area contributed by atoms with Gasteiger partial charge in [-0.15, -0.1) is 0 Å². The number of benzene rings is 1. The number of hydrogen-bond donors (Lipinski definition) is 1. The van der Waals surface area contributed by atoms with E-state index in [0.717, 1.165) is 18.9 Å².